The first-order chi connectivity index (χ1) is 2.00. The molecule has 0 saturated carbocycles. The van der Waals surface area contributed by atoms with Gasteiger partial charge in [0.25, 0.3) is 0 Å². The molecule has 0 rings (SSSR count). The Labute approximate surface area is 40.0 Å². The first kappa shape index (κ1) is 15.8. The van der Waals surface area contributed by atoms with Gasteiger partial charge >= 0.3 is 9.41 Å². The SMILES string of the molecule is C.F[Si](F)(F)F.O. The van der Waals surface area contributed by atoms with Gasteiger partial charge in [0, 0.05) is 0 Å². The van der Waals surface area contributed by atoms with Crippen LogP contribution in [0, 0.1) is 0 Å². The summed E-state index contributed by atoms with van der Waals surface area (Å²) in [4.78, 5) is 0. The summed E-state index contributed by atoms with van der Waals surface area (Å²) in [7, 11) is -6.61. The molecule has 0 aromatic rings. The van der Waals surface area contributed by atoms with Crippen LogP contribution in [0.25, 0.3) is 0 Å². The predicted molar refractivity (Wildman–Crippen MR) is 20.5 cm³/mol. The third-order valence-corrected chi connectivity index (χ3v) is 0. The Bertz CT molecular complexity index is 27.2. The average Bonchev–Trinajstić information content (AvgIpc) is 0.722. The molecule has 0 amide bonds. The van der Waals surface area contributed by atoms with Gasteiger partial charge in [-0.15, -0.1) is 0 Å². The average molecular weight is 138 g/mol. The maximum atomic E-state index is 9.83. The second-order valence-corrected chi connectivity index (χ2v) is 1.29. The van der Waals surface area contributed by atoms with Crippen molar-refractivity contribution in [2.24, 2.45) is 0 Å². The van der Waals surface area contributed by atoms with E-state index in [1.54, 1.807) is 0 Å². The quantitative estimate of drug-likeness (QED) is 0.273. The molecule has 0 aliphatic carbocycles. The van der Waals surface area contributed by atoms with E-state index in [0.717, 1.165) is 0 Å². The minimum Gasteiger partial charge on any atom is -0.412 e. The zero-order valence-corrected chi connectivity index (χ0v) is 3.51. The van der Waals surface area contributed by atoms with Crippen molar-refractivity contribution < 1.29 is 21.9 Å². The van der Waals surface area contributed by atoms with Crippen LogP contribution in [0.4, 0.5) is 16.4 Å². The molecule has 1 nitrogen and oxygen atoms in total. The maximum Gasteiger partial charge on any atom is 0.844 e. The van der Waals surface area contributed by atoms with Crippen molar-refractivity contribution in [3.8, 4) is 0 Å². The molecule has 6 heteroatoms. The molecular formula is CH6F4OSi. The van der Waals surface area contributed by atoms with Gasteiger partial charge in [-0.1, -0.05) is 7.43 Å². The van der Waals surface area contributed by atoms with Crippen molar-refractivity contribution in [2.45, 2.75) is 7.43 Å². The highest BCUT2D eigenvalue weighted by Crippen LogP contribution is 2.06. The standard InChI is InChI=1S/CH4.F4Si.H2O/c;1-5(2,3)4;/h1H4;;1H2. The van der Waals surface area contributed by atoms with E-state index in [2.05, 4.69) is 0 Å². The van der Waals surface area contributed by atoms with E-state index in [1.807, 2.05) is 0 Å². The number of halogens is 4. The molecule has 0 aliphatic heterocycles. The lowest BCUT2D eigenvalue weighted by atomic mass is 12.0. The largest absolute Gasteiger partial charge is 0.844 e. The monoisotopic (exact) mass is 138 g/mol. The Morgan fingerprint density at radius 3 is 0.857 bits per heavy atom. The fraction of sp³-hybridized carbons (Fsp3) is 1.00. The Morgan fingerprint density at radius 1 is 0.857 bits per heavy atom. The zero-order chi connectivity index (χ0) is 4.50. The van der Waals surface area contributed by atoms with Crippen LogP contribution in [0.3, 0.4) is 0 Å². The highest BCUT2D eigenvalue weighted by molar-refractivity contribution is 6.50. The highest BCUT2D eigenvalue weighted by Gasteiger charge is 2.39. The van der Waals surface area contributed by atoms with E-state index in [-0.39, 0.29) is 12.9 Å². The molecule has 0 heterocycles. The first-order valence-electron chi connectivity index (χ1n) is 0.756. The Hall–Kier alpha value is -0.103. The lowest BCUT2D eigenvalue weighted by molar-refractivity contribution is 0.368. The highest BCUT2D eigenvalue weighted by atomic mass is 28.5. The van der Waals surface area contributed by atoms with E-state index in [9.17, 15) is 16.4 Å². The summed E-state index contributed by atoms with van der Waals surface area (Å²) in [6, 6.07) is 0. The smallest absolute Gasteiger partial charge is 0.412 e. The van der Waals surface area contributed by atoms with Crippen LogP contribution in [0.15, 0.2) is 0 Å². The molecule has 0 spiro atoms. The molecule has 7 heavy (non-hydrogen) atoms. The van der Waals surface area contributed by atoms with E-state index < -0.39 is 9.41 Å². The molecule has 0 fully saturated rings. The third-order valence-electron chi connectivity index (χ3n) is 0. The summed E-state index contributed by atoms with van der Waals surface area (Å²) in [6.45, 7) is 0. The van der Waals surface area contributed by atoms with Crippen LogP contribution in [0.2, 0.25) is 0 Å². The van der Waals surface area contributed by atoms with Gasteiger partial charge in [-0.05, 0) is 0 Å². The predicted octanol–water partition coefficient (Wildman–Crippen LogP) is 1.11. The fourth-order valence-electron chi connectivity index (χ4n) is 0. The second kappa shape index (κ2) is 4.07. The molecule has 0 unspecified atom stereocenters. The van der Waals surface area contributed by atoms with Crippen molar-refractivity contribution in [3.63, 3.8) is 0 Å². The third kappa shape index (κ3) is 8420. The van der Waals surface area contributed by atoms with Gasteiger partial charge in [0.15, 0.2) is 0 Å². The van der Waals surface area contributed by atoms with Gasteiger partial charge in [0.1, 0.15) is 0 Å². The Morgan fingerprint density at radius 2 is 0.857 bits per heavy atom. The maximum absolute atomic E-state index is 9.83. The molecule has 0 aromatic heterocycles. The van der Waals surface area contributed by atoms with Crippen LogP contribution in [0.5, 0.6) is 0 Å². The fourth-order valence-corrected chi connectivity index (χ4v) is 0. The molecule has 0 bridgehead atoms. The minimum atomic E-state index is -6.61. The van der Waals surface area contributed by atoms with Gasteiger partial charge in [0.2, 0.25) is 0 Å². The van der Waals surface area contributed by atoms with Crippen LogP contribution in [-0.4, -0.2) is 14.9 Å². The van der Waals surface area contributed by atoms with Crippen molar-refractivity contribution in [1.82, 2.24) is 0 Å². The van der Waals surface area contributed by atoms with Crippen molar-refractivity contribution in [3.05, 3.63) is 0 Å². The van der Waals surface area contributed by atoms with Crippen LogP contribution >= 0.6 is 0 Å². The van der Waals surface area contributed by atoms with E-state index in [1.165, 1.54) is 0 Å². The van der Waals surface area contributed by atoms with Crippen molar-refractivity contribution in [1.29, 1.82) is 0 Å². The summed E-state index contributed by atoms with van der Waals surface area (Å²) in [5.74, 6) is 0. The van der Waals surface area contributed by atoms with E-state index in [0.29, 0.717) is 0 Å². The molecule has 2 N–H and O–H groups in total. The summed E-state index contributed by atoms with van der Waals surface area (Å²) in [5.41, 5.74) is 0. The van der Waals surface area contributed by atoms with Gasteiger partial charge in [0.05, 0.1) is 0 Å². The number of rotatable bonds is 0. The van der Waals surface area contributed by atoms with E-state index >= 15 is 0 Å². The van der Waals surface area contributed by atoms with Gasteiger partial charge in [-0.3, -0.25) is 0 Å². The summed E-state index contributed by atoms with van der Waals surface area (Å²) >= 11 is 0. The Balaban J connectivity index is -0.0000000800. The van der Waals surface area contributed by atoms with E-state index in [4.69, 9.17) is 0 Å². The Kier molecular flexibility index (Phi) is 9.17. The summed E-state index contributed by atoms with van der Waals surface area (Å²) in [5, 5.41) is 0. The first-order valence-corrected chi connectivity index (χ1v) is 2.27. The molecule has 0 aromatic carbocycles. The lowest BCUT2D eigenvalue weighted by Crippen LogP contribution is -2.02. The molecule has 0 radical (unpaired) electrons. The molecule has 0 atom stereocenters. The van der Waals surface area contributed by atoms with Gasteiger partial charge in [-0.2, -0.15) is 0 Å². The summed E-state index contributed by atoms with van der Waals surface area (Å²) in [6.07, 6.45) is 0. The second-order valence-electron chi connectivity index (χ2n) is 0.429. The molecular weight excluding hydrogens is 132 g/mol. The normalized spacial score (nSPS) is 8.57. The number of hydrogen-bond donors (Lipinski definition) is 0. The van der Waals surface area contributed by atoms with Gasteiger partial charge in [-0.25, -0.2) is 16.4 Å². The zero-order valence-electron chi connectivity index (χ0n) is 2.51. The van der Waals surface area contributed by atoms with Crippen LogP contribution in [0.1, 0.15) is 7.43 Å². The molecule has 0 aliphatic rings. The van der Waals surface area contributed by atoms with Crippen molar-refractivity contribution in [2.75, 3.05) is 0 Å². The lowest BCUT2D eigenvalue weighted by Gasteiger charge is -1.75. The van der Waals surface area contributed by atoms with Gasteiger partial charge < -0.3 is 5.48 Å². The number of hydrogen-bond acceptors (Lipinski definition) is 0. The molecule has 48 valence electrons. The van der Waals surface area contributed by atoms with Crippen molar-refractivity contribution >= 4 is 9.41 Å². The summed E-state index contributed by atoms with van der Waals surface area (Å²) < 4.78 is 39.3. The van der Waals surface area contributed by atoms with Crippen LogP contribution < -0.4 is 0 Å². The topological polar surface area (TPSA) is 31.5 Å². The van der Waals surface area contributed by atoms with Crippen LogP contribution in [-0.2, 0) is 0 Å². The minimum absolute atomic E-state index is 0. The molecule has 0 saturated heterocycles.